The van der Waals surface area contributed by atoms with Crippen LogP contribution in [0.2, 0.25) is 0 Å². The van der Waals surface area contributed by atoms with Crippen LogP contribution in [0.5, 0.6) is 5.75 Å². The zero-order chi connectivity index (χ0) is 26.4. The fourth-order valence-corrected chi connectivity index (χ4v) is 5.61. The maximum Gasteiger partial charge on any atom is 0.254 e. The number of nitrogens with zero attached hydrogens (tertiary/aromatic N) is 6. The highest BCUT2D eigenvalue weighted by Crippen LogP contribution is 2.37. The largest absolute Gasteiger partial charge is 0.463 e. The Morgan fingerprint density at radius 1 is 1.32 bits per heavy atom. The van der Waals surface area contributed by atoms with Gasteiger partial charge in [0.15, 0.2) is 11.6 Å². The highest BCUT2D eigenvalue weighted by atomic mass is 16.5. The van der Waals surface area contributed by atoms with Crippen molar-refractivity contribution in [2.45, 2.75) is 31.8 Å². The third kappa shape index (κ3) is 4.21. The van der Waals surface area contributed by atoms with Crippen molar-refractivity contribution in [3.8, 4) is 23.3 Å². The lowest BCUT2D eigenvalue weighted by molar-refractivity contribution is 0.0665. The Morgan fingerprint density at radius 3 is 2.89 bits per heavy atom. The van der Waals surface area contributed by atoms with Gasteiger partial charge in [0.25, 0.3) is 5.91 Å². The second kappa shape index (κ2) is 9.62. The predicted molar refractivity (Wildman–Crippen MR) is 145 cm³/mol. The van der Waals surface area contributed by atoms with Crippen molar-refractivity contribution in [1.29, 1.82) is 5.26 Å². The average Bonchev–Trinajstić information content (AvgIpc) is 3.61. The summed E-state index contributed by atoms with van der Waals surface area (Å²) in [6, 6.07) is 12.2. The molecule has 1 saturated heterocycles. The quantitative estimate of drug-likeness (QED) is 0.377. The molecule has 1 aliphatic carbocycles. The summed E-state index contributed by atoms with van der Waals surface area (Å²) in [7, 11) is 3.83. The monoisotopic (exact) mass is 509 g/mol. The summed E-state index contributed by atoms with van der Waals surface area (Å²) >= 11 is 0. The molecule has 1 amide bonds. The van der Waals surface area contributed by atoms with Gasteiger partial charge in [-0.05, 0) is 62.6 Å². The second-order valence-electron chi connectivity index (χ2n) is 10.4. The summed E-state index contributed by atoms with van der Waals surface area (Å²) in [5.74, 6) is 1.62. The van der Waals surface area contributed by atoms with E-state index in [1.165, 1.54) is 19.1 Å². The normalized spacial score (nSPS) is 19.6. The van der Waals surface area contributed by atoms with Gasteiger partial charge in [-0.25, -0.2) is 9.97 Å². The van der Waals surface area contributed by atoms with Crippen LogP contribution < -0.4 is 10.1 Å². The van der Waals surface area contributed by atoms with Crippen LogP contribution in [0.15, 0.2) is 49.4 Å². The number of hydrogen-bond donors (Lipinski definition) is 1. The number of piperidine rings is 1. The van der Waals surface area contributed by atoms with E-state index >= 15 is 0 Å². The Balaban J connectivity index is 1.45. The third-order valence-electron chi connectivity index (χ3n) is 7.74. The Hall–Kier alpha value is -4.16. The van der Waals surface area contributed by atoms with Gasteiger partial charge in [0, 0.05) is 49.9 Å². The van der Waals surface area contributed by atoms with Gasteiger partial charge < -0.3 is 24.1 Å². The van der Waals surface area contributed by atoms with E-state index in [1.807, 2.05) is 37.0 Å². The van der Waals surface area contributed by atoms with Gasteiger partial charge in [0.05, 0.1) is 29.5 Å². The lowest BCUT2D eigenvalue weighted by Crippen LogP contribution is -2.50. The van der Waals surface area contributed by atoms with Crippen molar-refractivity contribution < 1.29 is 9.53 Å². The lowest BCUT2D eigenvalue weighted by atomic mass is 9.95. The highest BCUT2D eigenvalue weighted by molar-refractivity contribution is 6.00. The number of fused-ring (bicyclic) bond motifs is 2. The number of ether oxygens (including phenoxy) is 1. The molecule has 1 saturated carbocycles. The van der Waals surface area contributed by atoms with Crippen LogP contribution in [0.4, 0.5) is 0 Å². The summed E-state index contributed by atoms with van der Waals surface area (Å²) in [4.78, 5) is 25.1. The lowest BCUT2D eigenvalue weighted by Gasteiger charge is -2.35. The molecule has 194 valence electrons. The van der Waals surface area contributed by atoms with Crippen molar-refractivity contribution in [2.75, 3.05) is 20.1 Å². The highest BCUT2D eigenvalue weighted by Gasteiger charge is 2.31. The van der Waals surface area contributed by atoms with Gasteiger partial charge in [-0.2, -0.15) is 5.26 Å². The molecule has 0 radical (unpaired) electrons. The van der Waals surface area contributed by atoms with E-state index in [1.54, 1.807) is 11.0 Å². The number of aromatic nitrogens is 4. The van der Waals surface area contributed by atoms with E-state index in [-0.39, 0.29) is 17.9 Å². The molecule has 3 aromatic heterocycles. The molecule has 4 heterocycles. The number of amides is 1. The minimum absolute atomic E-state index is 0.0772. The number of hydrogen-bond acceptors (Lipinski definition) is 6. The third-order valence-corrected chi connectivity index (χ3v) is 7.74. The maximum absolute atomic E-state index is 13.6. The molecule has 1 aromatic carbocycles. The SMILES string of the molecule is C=COc1cc(C(=O)N2CC(C#N)CC(NC)C2)cc2nc(-c3cc4cccnc4n3CC3CC3)n(C)c12. The predicted octanol–water partition coefficient (Wildman–Crippen LogP) is 4.10. The number of likely N-dealkylation sites (tertiary alicyclic amines) is 1. The van der Waals surface area contributed by atoms with E-state index in [0.717, 1.165) is 41.0 Å². The molecular weight excluding hydrogens is 478 g/mol. The standard InChI is InChI=1S/C29H31N7O2/c1-4-38-25-13-21(29(37)35-15-19(14-30)10-22(17-35)31-2)11-23-26(25)34(3)28(33-23)24-12-20-6-5-9-32-27(20)36(24)16-18-7-8-18/h4-6,9,11-13,18-19,22,31H,1,7-8,10,15-17H2,2-3H3. The van der Waals surface area contributed by atoms with Crippen LogP contribution in [0, 0.1) is 23.2 Å². The fourth-order valence-electron chi connectivity index (χ4n) is 5.61. The number of likely N-dealkylation sites (N-methyl/N-ethyl adjacent to an activating group) is 1. The van der Waals surface area contributed by atoms with Crippen molar-refractivity contribution in [2.24, 2.45) is 18.9 Å². The molecule has 1 N–H and O–H groups in total. The smallest absolute Gasteiger partial charge is 0.254 e. The molecule has 9 nitrogen and oxygen atoms in total. The molecule has 2 fully saturated rings. The summed E-state index contributed by atoms with van der Waals surface area (Å²) < 4.78 is 10.1. The van der Waals surface area contributed by atoms with E-state index < -0.39 is 0 Å². The first-order chi connectivity index (χ1) is 18.5. The fraction of sp³-hybridized carbons (Fsp3) is 0.379. The van der Waals surface area contributed by atoms with E-state index in [9.17, 15) is 10.1 Å². The van der Waals surface area contributed by atoms with Crippen LogP contribution in [0.25, 0.3) is 33.6 Å². The number of pyridine rings is 1. The van der Waals surface area contributed by atoms with E-state index in [4.69, 9.17) is 9.72 Å². The summed E-state index contributed by atoms with van der Waals surface area (Å²) in [5.41, 5.74) is 3.88. The van der Waals surface area contributed by atoms with Gasteiger partial charge in [-0.15, -0.1) is 0 Å². The zero-order valence-corrected chi connectivity index (χ0v) is 21.7. The second-order valence-corrected chi connectivity index (χ2v) is 10.4. The van der Waals surface area contributed by atoms with Crippen molar-refractivity contribution >= 4 is 28.0 Å². The summed E-state index contributed by atoms with van der Waals surface area (Å²) in [6.07, 6.45) is 6.39. The van der Waals surface area contributed by atoms with Gasteiger partial charge in [0.1, 0.15) is 11.2 Å². The molecule has 1 aliphatic heterocycles. The summed E-state index contributed by atoms with van der Waals surface area (Å²) in [6.45, 7) is 5.60. The first kappa shape index (κ1) is 24.2. The number of aryl methyl sites for hydroxylation is 1. The number of carbonyl (C=O) groups excluding carboxylic acids is 1. The molecule has 2 aliphatic rings. The van der Waals surface area contributed by atoms with Crippen molar-refractivity contribution in [3.05, 3.63) is 54.9 Å². The Kier molecular flexibility index (Phi) is 6.12. The molecule has 0 spiro atoms. The van der Waals surface area contributed by atoms with Gasteiger partial charge in [0.2, 0.25) is 0 Å². The topological polar surface area (TPSA) is 101 Å². The average molecular weight is 510 g/mol. The van der Waals surface area contributed by atoms with Crippen molar-refractivity contribution in [3.63, 3.8) is 0 Å². The van der Waals surface area contributed by atoms with Gasteiger partial charge in [-0.1, -0.05) is 6.58 Å². The molecular formula is C29H31N7O2. The minimum atomic E-state index is -0.207. The van der Waals surface area contributed by atoms with Crippen LogP contribution in [-0.2, 0) is 13.6 Å². The van der Waals surface area contributed by atoms with E-state index in [0.29, 0.717) is 35.8 Å². The van der Waals surface area contributed by atoms with E-state index in [2.05, 4.69) is 39.6 Å². The minimum Gasteiger partial charge on any atom is -0.463 e. The van der Waals surface area contributed by atoms with Crippen LogP contribution in [-0.4, -0.2) is 56.1 Å². The first-order valence-corrected chi connectivity index (χ1v) is 13.1. The Labute approximate surface area is 221 Å². The number of nitrogens with one attached hydrogen (secondary N) is 1. The molecule has 4 aromatic rings. The summed E-state index contributed by atoms with van der Waals surface area (Å²) in [5, 5.41) is 13.8. The molecule has 2 atom stereocenters. The Bertz CT molecular complexity index is 1590. The maximum atomic E-state index is 13.6. The van der Waals surface area contributed by atoms with Gasteiger partial charge >= 0.3 is 0 Å². The first-order valence-electron chi connectivity index (χ1n) is 13.1. The molecule has 2 unspecified atom stereocenters. The van der Waals surface area contributed by atoms with Crippen LogP contribution in [0.3, 0.4) is 0 Å². The molecule has 0 bridgehead atoms. The molecule has 9 heteroatoms. The molecule has 6 rings (SSSR count). The number of rotatable bonds is 7. The van der Waals surface area contributed by atoms with Crippen molar-refractivity contribution in [1.82, 2.24) is 29.3 Å². The molecule has 38 heavy (non-hydrogen) atoms. The van der Waals surface area contributed by atoms with Gasteiger partial charge in [-0.3, -0.25) is 4.79 Å². The number of imidazole rings is 1. The number of nitriles is 1. The number of carbonyl (C=O) groups is 1. The van der Waals surface area contributed by atoms with Crippen LogP contribution in [0.1, 0.15) is 29.6 Å². The van der Waals surface area contributed by atoms with Crippen LogP contribution >= 0.6 is 0 Å². The number of benzene rings is 1. The Morgan fingerprint density at radius 2 is 2.16 bits per heavy atom. The zero-order valence-electron chi connectivity index (χ0n) is 21.7.